The molecule has 1 heterocycles. The standard InChI is InChI=1S/C13H13FN2O3S2/c1-8-12(7-11(20-8)13(17)15-2)21(18,19)16-10-6-4-3-5-9(10)14/h3-7,16H,1-2H3,(H,15,17). The number of sulfonamides is 1. The number of hydrogen-bond donors (Lipinski definition) is 2. The first kappa shape index (κ1) is 15.5. The highest BCUT2D eigenvalue weighted by atomic mass is 32.2. The number of aryl methyl sites for hydroxylation is 1. The molecular weight excluding hydrogens is 315 g/mol. The lowest BCUT2D eigenvalue weighted by Gasteiger charge is -2.08. The van der Waals surface area contributed by atoms with E-state index >= 15 is 0 Å². The van der Waals surface area contributed by atoms with Gasteiger partial charge < -0.3 is 5.32 Å². The Hall–Kier alpha value is -1.93. The molecule has 0 atom stereocenters. The van der Waals surface area contributed by atoms with Gasteiger partial charge in [0.15, 0.2) is 0 Å². The van der Waals surface area contributed by atoms with E-state index in [0.29, 0.717) is 4.88 Å². The van der Waals surface area contributed by atoms with Gasteiger partial charge >= 0.3 is 0 Å². The molecule has 0 saturated heterocycles. The summed E-state index contributed by atoms with van der Waals surface area (Å²) in [5, 5.41) is 2.43. The second-order valence-corrected chi connectivity index (χ2v) is 7.10. The molecule has 1 aromatic carbocycles. The van der Waals surface area contributed by atoms with Crippen molar-refractivity contribution in [2.75, 3.05) is 11.8 Å². The summed E-state index contributed by atoms with van der Waals surface area (Å²) >= 11 is 1.06. The normalized spacial score (nSPS) is 11.2. The van der Waals surface area contributed by atoms with E-state index in [9.17, 15) is 17.6 Å². The van der Waals surface area contributed by atoms with Crippen LogP contribution < -0.4 is 10.0 Å². The minimum absolute atomic E-state index is 0.0330. The largest absolute Gasteiger partial charge is 0.354 e. The van der Waals surface area contributed by atoms with Crippen LogP contribution >= 0.6 is 11.3 Å². The molecule has 0 aliphatic carbocycles. The van der Waals surface area contributed by atoms with Crippen molar-refractivity contribution in [2.45, 2.75) is 11.8 Å². The summed E-state index contributed by atoms with van der Waals surface area (Å²) < 4.78 is 40.3. The Morgan fingerprint density at radius 3 is 2.57 bits per heavy atom. The molecule has 112 valence electrons. The number of halogens is 1. The van der Waals surface area contributed by atoms with Gasteiger partial charge in [0.25, 0.3) is 15.9 Å². The molecule has 21 heavy (non-hydrogen) atoms. The van der Waals surface area contributed by atoms with E-state index in [1.807, 2.05) is 0 Å². The fraction of sp³-hybridized carbons (Fsp3) is 0.154. The van der Waals surface area contributed by atoms with Crippen LogP contribution in [-0.4, -0.2) is 21.4 Å². The molecule has 2 N–H and O–H groups in total. The van der Waals surface area contributed by atoms with Crippen molar-refractivity contribution in [3.05, 3.63) is 45.9 Å². The van der Waals surface area contributed by atoms with Gasteiger partial charge in [-0.1, -0.05) is 12.1 Å². The zero-order valence-electron chi connectivity index (χ0n) is 11.3. The molecule has 0 aliphatic rings. The first-order valence-electron chi connectivity index (χ1n) is 5.95. The van der Waals surface area contributed by atoms with Crippen LogP contribution in [0.5, 0.6) is 0 Å². The summed E-state index contributed by atoms with van der Waals surface area (Å²) in [7, 11) is -2.49. The van der Waals surface area contributed by atoms with Gasteiger partial charge in [-0.25, -0.2) is 12.8 Å². The Balaban J connectivity index is 2.39. The maximum absolute atomic E-state index is 13.5. The third-order valence-corrected chi connectivity index (χ3v) is 5.40. The lowest BCUT2D eigenvalue weighted by atomic mass is 10.3. The van der Waals surface area contributed by atoms with E-state index < -0.39 is 15.8 Å². The van der Waals surface area contributed by atoms with E-state index in [2.05, 4.69) is 10.0 Å². The molecule has 0 unspecified atom stereocenters. The first-order chi connectivity index (χ1) is 9.85. The highest BCUT2D eigenvalue weighted by molar-refractivity contribution is 7.93. The van der Waals surface area contributed by atoms with Crippen LogP contribution in [0.2, 0.25) is 0 Å². The smallest absolute Gasteiger partial charge is 0.263 e. The van der Waals surface area contributed by atoms with Crippen molar-refractivity contribution in [3.63, 3.8) is 0 Å². The molecule has 1 amide bonds. The summed E-state index contributed by atoms with van der Waals surface area (Å²) in [6.07, 6.45) is 0. The van der Waals surface area contributed by atoms with Gasteiger partial charge in [-0.2, -0.15) is 0 Å². The molecule has 0 spiro atoms. The van der Waals surface area contributed by atoms with Gasteiger partial charge in [0.1, 0.15) is 10.7 Å². The minimum atomic E-state index is -3.95. The average Bonchev–Trinajstić information content (AvgIpc) is 2.83. The van der Waals surface area contributed by atoms with Gasteiger partial charge in [0, 0.05) is 11.9 Å². The molecular formula is C13H13FN2O3S2. The van der Waals surface area contributed by atoms with Crippen molar-refractivity contribution >= 4 is 33.0 Å². The molecule has 1 aromatic heterocycles. The van der Waals surface area contributed by atoms with Crippen LogP contribution in [-0.2, 0) is 10.0 Å². The topological polar surface area (TPSA) is 75.3 Å². The Bertz CT molecular complexity index is 784. The second kappa shape index (κ2) is 5.82. The van der Waals surface area contributed by atoms with Crippen molar-refractivity contribution in [2.24, 2.45) is 0 Å². The average molecular weight is 328 g/mol. The molecule has 0 aliphatic heterocycles. The monoisotopic (exact) mass is 328 g/mol. The van der Waals surface area contributed by atoms with E-state index in [1.165, 1.54) is 31.3 Å². The summed E-state index contributed by atoms with van der Waals surface area (Å²) in [4.78, 5) is 12.2. The summed E-state index contributed by atoms with van der Waals surface area (Å²) in [5.41, 5.74) is -0.135. The predicted molar refractivity (Wildman–Crippen MR) is 79.7 cm³/mol. The van der Waals surface area contributed by atoms with Gasteiger partial charge in [0.2, 0.25) is 0 Å². The Kier molecular flexibility index (Phi) is 4.29. The first-order valence-corrected chi connectivity index (χ1v) is 8.25. The Labute approximate surface area is 125 Å². The fourth-order valence-electron chi connectivity index (χ4n) is 1.71. The summed E-state index contributed by atoms with van der Waals surface area (Å²) in [5.74, 6) is -1.03. The maximum Gasteiger partial charge on any atom is 0.263 e. The molecule has 2 rings (SSSR count). The minimum Gasteiger partial charge on any atom is -0.354 e. The number of nitrogens with one attached hydrogen (secondary N) is 2. The summed E-state index contributed by atoms with van der Waals surface area (Å²) in [6.45, 7) is 1.59. The van der Waals surface area contributed by atoms with Crippen molar-refractivity contribution in [1.29, 1.82) is 0 Å². The number of rotatable bonds is 4. The maximum atomic E-state index is 13.5. The SMILES string of the molecule is CNC(=O)c1cc(S(=O)(=O)Nc2ccccc2F)c(C)s1. The third kappa shape index (κ3) is 3.22. The van der Waals surface area contributed by atoms with Gasteiger partial charge in [0.05, 0.1) is 10.6 Å². The number of carbonyl (C=O) groups is 1. The fourth-order valence-corrected chi connectivity index (χ4v) is 4.32. The Morgan fingerprint density at radius 1 is 1.29 bits per heavy atom. The highest BCUT2D eigenvalue weighted by Gasteiger charge is 2.23. The van der Waals surface area contributed by atoms with Crippen LogP contribution in [0, 0.1) is 12.7 Å². The molecule has 8 heteroatoms. The van der Waals surface area contributed by atoms with E-state index in [4.69, 9.17) is 0 Å². The number of amides is 1. The molecule has 2 aromatic rings. The molecule has 0 radical (unpaired) electrons. The van der Waals surface area contributed by atoms with Crippen LogP contribution in [0.3, 0.4) is 0 Å². The van der Waals surface area contributed by atoms with Crippen LogP contribution in [0.1, 0.15) is 14.5 Å². The van der Waals surface area contributed by atoms with Crippen LogP contribution in [0.15, 0.2) is 35.2 Å². The second-order valence-electron chi connectivity index (χ2n) is 4.20. The number of anilines is 1. The molecule has 0 saturated carbocycles. The van der Waals surface area contributed by atoms with Gasteiger partial charge in [-0.3, -0.25) is 9.52 Å². The van der Waals surface area contributed by atoms with Crippen LogP contribution in [0.25, 0.3) is 0 Å². The van der Waals surface area contributed by atoms with E-state index in [0.717, 1.165) is 17.4 Å². The van der Waals surface area contributed by atoms with E-state index in [1.54, 1.807) is 6.92 Å². The third-order valence-electron chi connectivity index (χ3n) is 2.73. The van der Waals surface area contributed by atoms with Gasteiger partial charge in [-0.05, 0) is 25.1 Å². The van der Waals surface area contributed by atoms with E-state index in [-0.39, 0.29) is 21.4 Å². The number of carbonyl (C=O) groups excluding carboxylic acids is 1. The highest BCUT2D eigenvalue weighted by Crippen LogP contribution is 2.28. The predicted octanol–water partition coefficient (Wildman–Crippen LogP) is 2.36. The van der Waals surface area contributed by atoms with Crippen LogP contribution in [0.4, 0.5) is 10.1 Å². The number of hydrogen-bond acceptors (Lipinski definition) is 4. The number of para-hydroxylation sites is 1. The molecule has 0 bridgehead atoms. The molecule has 5 nitrogen and oxygen atoms in total. The zero-order valence-corrected chi connectivity index (χ0v) is 12.9. The van der Waals surface area contributed by atoms with Crippen molar-refractivity contribution < 1.29 is 17.6 Å². The number of benzene rings is 1. The lowest BCUT2D eigenvalue weighted by Crippen LogP contribution is -2.17. The molecule has 0 fully saturated rings. The zero-order chi connectivity index (χ0) is 15.6. The number of thiophene rings is 1. The van der Waals surface area contributed by atoms with Crippen molar-refractivity contribution in [3.8, 4) is 0 Å². The Morgan fingerprint density at radius 2 is 1.95 bits per heavy atom. The quantitative estimate of drug-likeness (QED) is 0.905. The summed E-state index contributed by atoms with van der Waals surface area (Å²) in [6, 6.07) is 6.76. The van der Waals surface area contributed by atoms with Crippen molar-refractivity contribution in [1.82, 2.24) is 5.32 Å². The van der Waals surface area contributed by atoms with Gasteiger partial charge in [-0.15, -0.1) is 11.3 Å². The lowest BCUT2D eigenvalue weighted by molar-refractivity contribution is 0.0967.